The van der Waals surface area contributed by atoms with E-state index in [1.165, 1.54) is 257 Å². The van der Waals surface area contributed by atoms with Crippen LogP contribution in [0.4, 0.5) is 0 Å². The summed E-state index contributed by atoms with van der Waals surface area (Å²) in [5, 5.41) is 0. The van der Waals surface area contributed by atoms with Gasteiger partial charge in [-0.15, -0.1) is 0 Å². The van der Waals surface area contributed by atoms with E-state index in [0.29, 0.717) is 0 Å². The van der Waals surface area contributed by atoms with Crippen LogP contribution in [0.25, 0.3) is 0 Å². The van der Waals surface area contributed by atoms with Crippen molar-refractivity contribution in [2.45, 2.75) is 291 Å². The fourth-order valence-electron chi connectivity index (χ4n) is 9.01. The van der Waals surface area contributed by atoms with E-state index in [0.717, 1.165) is 5.92 Å². The highest BCUT2D eigenvalue weighted by Crippen LogP contribution is 2.48. The maximum absolute atomic E-state index is 2.35. The molecular formula is C50H96. The van der Waals surface area contributed by atoms with Crippen molar-refractivity contribution in [3.63, 3.8) is 0 Å². The van der Waals surface area contributed by atoms with E-state index in [4.69, 9.17) is 0 Å². The molecule has 0 aromatic carbocycles. The Balaban J connectivity index is 3.17. The van der Waals surface area contributed by atoms with Crippen molar-refractivity contribution in [3.05, 3.63) is 22.3 Å². The molecule has 0 unspecified atom stereocenters. The fraction of sp³-hybridized carbons (Fsp3) is 0.920. The molecule has 0 aromatic rings. The van der Waals surface area contributed by atoms with Crippen LogP contribution >= 0.6 is 0 Å². The number of allylic oxidation sites excluding steroid dienone is 4. The Bertz CT molecular complexity index is 711. The van der Waals surface area contributed by atoms with Crippen molar-refractivity contribution in [2.75, 3.05) is 0 Å². The molecule has 0 heteroatoms. The SMILES string of the molecule is CCCCCCCCCC1=C(CCCCCCCCC)C(CCCCCCCCC)C(CCCCCCCCC)=C1CCCCCCCCC. The Hall–Kier alpha value is -0.520. The topological polar surface area (TPSA) is 0 Å². The molecule has 0 saturated heterocycles. The zero-order valence-corrected chi connectivity index (χ0v) is 35.9. The van der Waals surface area contributed by atoms with Gasteiger partial charge in [0.1, 0.15) is 0 Å². The normalized spacial score (nSPS) is 13.9. The minimum Gasteiger partial charge on any atom is -0.0654 e. The number of hydrogen-bond acceptors (Lipinski definition) is 0. The third kappa shape index (κ3) is 24.7. The molecule has 0 spiro atoms. The van der Waals surface area contributed by atoms with E-state index < -0.39 is 0 Å². The number of rotatable bonds is 40. The van der Waals surface area contributed by atoms with E-state index in [9.17, 15) is 0 Å². The van der Waals surface area contributed by atoms with Gasteiger partial charge in [-0.25, -0.2) is 0 Å². The molecule has 0 aromatic heterocycles. The van der Waals surface area contributed by atoms with Crippen molar-refractivity contribution in [1.29, 1.82) is 0 Å². The quantitative estimate of drug-likeness (QED) is 0.0560. The van der Waals surface area contributed by atoms with Crippen LogP contribution in [-0.4, -0.2) is 0 Å². The molecule has 1 aliphatic carbocycles. The highest BCUT2D eigenvalue weighted by atomic mass is 14.4. The molecular weight excluding hydrogens is 601 g/mol. The number of unbranched alkanes of at least 4 members (excludes halogenated alkanes) is 30. The summed E-state index contributed by atoms with van der Waals surface area (Å²) < 4.78 is 0. The van der Waals surface area contributed by atoms with E-state index in [2.05, 4.69) is 34.6 Å². The van der Waals surface area contributed by atoms with Crippen LogP contribution in [0.1, 0.15) is 291 Å². The first-order valence-corrected chi connectivity index (χ1v) is 24.2. The van der Waals surface area contributed by atoms with Gasteiger partial charge >= 0.3 is 0 Å². The Labute approximate surface area is 318 Å². The minimum absolute atomic E-state index is 0.810. The zero-order chi connectivity index (χ0) is 36.2. The van der Waals surface area contributed by atoms with Gasteiger partial charge in [0.2, 0.25) is 0 Å². The molecule has 0 radical (unpaired) electrons. The summed E-state index contributed by atoms with van der Waals surface area (Å²) in [5.41, 5.74) is 7.88. The average molecular weight is 697 g/mol. The van der Waals surface area contributed by atoms with Crippen LogP contribution in [0.15, 0.2) is 22.3 Å². The van der Waals surface area contributed by atoms with Crippen molar-refractivity contribution >= 4 is 0 Å². The third-order valence-corrected chi connectivity index (χ3v) is 12.2. The van der Waals surface area contributed by atoms with Crippen molar-refractivity contribution < 1.29 is 0 Å². The number of hydrogen-bond donors (Lipinski definition) is 0. The maximum atomic E-state index is 2.35. The standard InChI is InChI=1S/C50H96/c1-6-11-16-21-26-31-36-41-46-47(42-37-32-27-22-17-12-7-2)49(44-39-34-29-24-19-14-9-4)50(45-40-35-30-25-20-15-10-5)48(46)43-38-33-28-23-18-13-8-3/h46H,6-45H2,1-5H3. The molecule has 50 heavy (non-hydrogen) atoms. The summed E-state index contributed by atoms with van der Waals surface area (Å²) in [5.74, 6) is 0.810. The first kappa shape index (κ1) is 47.5. The van der Waals surface area contributed by atoms with E-state index in [1.807, 2.05) is 22.3 Å². The van der Waals surface area contributed by atoms with Crippen LogP contribution in [0.2, 0.25) is 0 Å². The summed E-state index contributed by atoms with van der Waals surface area (Å²) in [7, 11) is 0. The molecule has 0 saturated carbocycles. The van der Waals surface area contributed by atoms with Crippen molar-refractivity contribution in [3.8, 4) is 0 Å². The Morgan fingerprint density at radius 3 is 0.740 bits per heavy atom. The minimum atomic E-state index is 0.810. The molecule has 0 N–H and O–H groups in total. The van der Waals surface area contributed by atoms with Crippen LogP contribution in [-0.2, 0) is 0 Å². The predicted octanol–water partition coefficient (Wildman–Crippen LogP) is 18.9. The lowest BCUT2D eigenvalue weighted by Gasteiger charge is -2.21. The van der Waals surface area contributed by atoms with E-state index >= 15 is 0 Å². The molecule has 296 valence electrons. The molecule has 0 heterocycles. The summed E-state index contributed by atoms with van der Waals surface area (Å²) in [6.07, 6.45) is 57.5. The van der Waals surface area contributed by atoms with E-state index in [1.54, 1.807) is 0 Å². The van der Waals surface area contributed by atoms with Crippen molar-refractivity contribution in [2.24, 2.45) is 5.92 Å². The molecule has 0 amide bonds. The van der Waals surface area contributed by atoms with Gasteiger partial charge < -0.3 is 0 Å². The largest absolute Gasteiger partial charge is 0.0654 e. The Kier molecular flexibility index (Phi) is 35.0. The second-order valence-corrected chi connectivity index (χ2v) is 17.0. The predicted molar refractivity (Wildman–Crippen MR) is 231 cm³/mol. The summed E-state index contributed by atoms with van der Waals surface area (Å²) >= 11 is 0. The zero-order valence-electron chi connectivity index (χ0n) is 35.9. The second-order valence-electron chi connectivity index (χ2n) is 17.0. The first-order valence-electron chi connectivity index (χ1n) is 24.2. The summed E-state index contributed by atoms with van der Waals surface area (Å²) in [4.78, 5) is 0. The van der Waals surface area contributed by atoms with Crippen LogP contribution in [0.3, 0.4) is 0 Å². The molecule has 0 atom stereocenters. The van der Waals surface area contributed by atoms with Gasteiger partial charge in [-0.3, -0.25) is 0 Å². The Morgan fingerprint density at radius 2 is 0.460 bits per heavy atom. The summed E-state index contributed by atoms with van der Waals surface area (Å²) in [6, 6.07) is 0. The second kappa shape index (κ2) is 36.8. The van der Waals surface area contributed by atoms with Crippen molar-refractivity contribution in [1.82, 2.24) is 0 Å². The fourth-order valence-corrected chi connectivity index (χ4v) is 9.01. The summed E-state index contributed by atoms with van der Waals surface area (Å²) in [6.45, 7) is 11.8. The molecule has 0 bridgehead atoms. The maximum Gasteiger partial charge on any atom is 0.00188 e. The lowest BCUT2D eigenvalue weighted by atomic mass is 9.84. The lowest BCUT2D eigenvalue weighted by molar-refractivity contribution is 0.505. The molecule has 0 fully saturated rings. The van der Waals surface area contributed by atoms with Gasteiger partial charge in [0.05, 0.1) is 0 Å². The van der Waals surface area contributed by atoms with Crippen LogP contribution in [0, 0.1) is 5.92 Å². The van der Waals surface area contributed by atoms with Gasteiger partial charge in [-0.05, 0) is 68.9 Å². The molecule has 1 rings (SSSR count). The van der Waals surface area contributed by atoms with Gasteiger partial charge in [0.25, 0.3) is 0 Å². The van der Waals surface area contributed by atoms with Gasteiger partial charge in [0, 0.05) is 5.92 Å². The van der Waals surface area contributed by atoms with Gasteiger partial charge in [-0.1, -0.05) is 245 Å². The smallest absolute Gasteiger partial charge is 0.00188 e. The molecule has 0 nitrogen and oxygen atoms in total. The monoisotopic (exact) mass is 697 g/mol. The average Bonchev–Trinajstić information content (AvgIpc) is 3.39. The first-order chi connectivity index (χ1) is 24.7. The van der Waals surface area contributed by atoms with E-state index in [-0.39, 0.29) is 0 Å². The van der Waals surface area contributed by atoms with Crippen LogP contribution < -0.4 is 0 Å². The highest BCUT2D eigenvalue weighted by Gasteiger charge is 2.31. The van der Waals surface area contributed by atoms with Gasteiger partial charge in [-0.2, -0.15) is 0 Å². The van der Waals surface area contributed by atoms with Gasteiger partial charge in [0.15, 0.2) is 0 Å². The lowest BCUT2D eigenvalue weighted by Crippen LogP contribution is -2.07. The molecule has 0 aliphatic heterocycles. The highest BCUT2D eigenvalue weighted by molar-refractivity contribution is 5.50. The third-order valence-electron chi connectivity index (χ3n) is 12.2. The van der Waals surface area contributed by atoms with Crippen LogP contribution in [0.5, 0.6) is 0 Å². The Morgan fingerprint density at radius 1 is 0.240 bits per heavy atom. The molecule has 1 aliphatic rings.